The van der Waals surface area contributed by atoms with Gasteiger partial charge < -0.3 is 10.1 Å². The molecule has 7 nitrogen and oxygen atoms in total. The van der Waals surface area contributed by atoms with Crippen LogP contribution in [0.25, 0.3) is 0 Å². The lowest BCUT2D eigenvalue weighted by Crippen LogP contribution is -2.26. The highest BCUT2D eigenvalue weighted by molar-refractivity contribution is 14.1. The Morgan fingerprint density at radius 1 is 1.12 bits per heavy atom. The Bertz CT molecular complexity index is 1370. The number of aromatic nitrogens is 1. The van der Waals surface area contributed by atoms with Gasteiger partial charge >= 0.3 is 0 Å². The van der Waals surface area contributed by atoms with E-state index in [0.29, 0.717) is 21.3 Å². The summed E-state index contributed by atoms with van der Waals surface area (Å²) in [6, 6.07) is 13.4. The van der Waals surface area contributed by atoms with Crippen LogP contribution in [0.3, 0.4) is 0 Å². The molecule has 0 saturated heterocycles. The van der Waals surface area contributed by atoms with Crippen LogP contribution in [-0.2, 0) is 17.1 Å². The van der Waals surface area contributed by atoms with Gasteiger partial charge in [0, 0.05) is 22.1 Å². The summed E-state index contributed by atoms with van der Waals surface area (Å²) < 4.78 is 50.6. The zero-order valence-electron chi connectivity index (χ0n) is 18.2. The summed E-state index contributed by atoms with van der Waals surface area (Å²) in [4.78, 5) is 12.5. The smallest absolute Gasteiger partial charge is 0.254 e. The minimum Gasteiger partial charge on any atom is -0.497 e. The molecular formula is C23H23FIN3O4S. The number of sulfonamides is 1. The van der Waals surface area contributed by atoms with E-state index in [1.807, 2.05) is 34.7 Å². The van der Waals surface area contributed by atoms with E-state index in [-0.39, 0.29) is 28.7 Å². The predicted octanol–water partition coefficient (Wildman–Crippen LogP) is 4.49. The van der Waals surface area contributed by atoms with Gasteiger partial charge in [-0.1, -0.05) is 12.1 Å². The largest absolute Gasteiger partial charge is 0.497 e. The molecule has 1 fully saturated rings. The van der Waals surface area contributed by atoms with E-state index in [1.54, 1.807) is 38.3 Å². The zero-order valence-corrected chi connectivity index (χ0v) is 21.2. The average Bonchev–Trinajstić information content (AvgIpc) is 3.58. The Morgan fingerprint density at radius 2 is 1.82 bits per heavy atom. The average molecular weight is 583 g/mol. The minimum absolute atomic E-state index is 0.132. The van der Waals surface area contributed by atoms with Crippen molar-refractivity contribution in [3.05, 3.63) is 79.4 Å². The van der Waals surface area contributed by atoms with Gasteiger partial charge in [-0.15, -0.1) is 0 Å². The number of hydrogen-bond donors (Lipinski definition) is 2. The predicted molar refractivity (Wildman–Crippen MR) is 136 cm³/mol. The third kappa shape index (κ3) is 4.86. The van der Waals surface area contributed by atoms with Gasteiger partial charge in [0.05, 0.1) is 23.7 Å². The van der Waals surface area contributed by atoms with Gasteiger partial charge in [-0.2, -0.15) is 0 Å². The molecule has 174 valence electrons. The van der Waals surface area contributed by atoms with Crippen LogP contribution in [0.15, 0.2) is 53.3 Å². The molecule has 0 amide bonds. The van der Waals surface area contributed by atoms with Gasteiger partial charge in [-0.05, 0) is 77.9 Å². The number of benzene rings is 2. The topological polar surface area (TPSA) is 89.4 Å². The molecule has 0 bridgehead atoms. The molecule has 10 heteroatoms. The lowest BCUT2D eigenvalue weighted by atomic mass is 10.1. The maximum atomic E-state index is 14.4. The molecule has 0 radical (unpaired) electrons. The van der Waals surface area contributed by atoms with Crippen LogP contribution >= 0.6 is 22.6 Å². The molecule has 1 aliphatic rings. The van der Waals surface area contributed by atoms with E-state index in [1.165, 1.54) is 23.7 Å². The Balaban J connectivity index is 1.63. The lowest BCUT2D eigenvalue weighted by Gasteiger charge is -2.19. The van der Waals surface area contributed by atoms with Crippen LogP contribution in [0.1, 0.15) is 23.5 Å². The molecule has 1 heterocycles. The summed E-state index contributed by atoms with van der Waals surface area (Å²) in [6.07, 6.45) is 0.487. The number of aryl methyl sites for hydroxylation is 1. The second-order valence-electron chi connectivity index (χ2n) is 8.00. The molecule has 0 spiro atoms. The number of rotatable bonds is 7. The molecule has 2 unspecified atom stereocenters. The van der Waals surface area contributed by atoms with Gasteiger partial charge in [0.1, 0.15) is 17.4 Å². The van der Waals surface area contributed by atoms with E-state index >= 15 is 0 Å². The minimum atomic E-state index is -3.76. The summed E-state index contributed by atoms with van der Waals surface area (Å²) in [6.45, 7) is 1.60. The molecule has 1 saturated carbocycles. The standard InChI is InChI=1S/C23H23FIN3O4S/c1-13-10-20(22(28(2)23(13)29)26-19-9-6-15(25)11-18(19)24)27-33(30,31)21-12-17(21)14-4-7-16(32-3)8-5-14/h4-11,17,21,26-27H,12H2,1-3H3. The number of ether oxygens (including phenoxy) is 1. The van der Waals surface area contributed by atoms with Crippen molar-refractivity contribution >= 4 is 49.8 Å². The fourth-order valence-electron chi connectivity index (χ4n) is 3.79. The summed E-state index contributed by atoms with van der Waals surface area (Å²) >= 11 is 2.00. The maximum Gasteiger partial charge on any atom is 0.254 e. The maximum absolute atomic E-state index is 14.4. The molecule has 0 aliphatic heterocycles. The fraction of sp³-hybridized carbons (Fsp3) is 0.261. The van der Waals surface area contributed by atoms with Crippen LogP contribution in [0, 0.1) is 16.3 Å². The number of nitrogens with one attached hydrogen (secondary N) is 2. The lowest BCUT2D eigenvalue weighted by molar-refractivity contribution is 0.414. The first-order valence-electron chi connectivity index (χ1n) is 10.2. The van der Waals surface area contributed by atoms with E-state index in [9.17, 15) is 17.6 Å². The second kappa shape index (κ2) is 8.98. The van der Waals surface area contributed by atoms with Crippen LogP contribution in [0.5, 0.6) is 5.75 Å². The number of anilines is 3. The summed E-state index contributed by atoms with van der Waals surface area (Å²) in [7, 11) is -0.676. The first kappa shape index (κ1) is 23.6. The molecule has 2 atom stereocenters. The number of nitrogens with zero attached hydrogens (tertiary/aromatic N) is 1. The van der Waals surface area contributed by atoms with Crippen molar-refractivity contribution < 1.29 is 17.5 Å². The van der Waals surface area contributed by atoms with E-state index in [0.717, 1.165) is 5.56 Å². The highest BCUT2D eigenvalue weighted by Crippen LogP contribution is 2.47. The van der Waals surface area contributed by atoms with Crippen molar-refractivity contribution in [1.82, 2.24) is 4.57 Å². The molecule has 4 rings (SSSR count). The molecule has 3 aromatic rings. The van der Waals surface area contributed by atoms with Crippen LogP contribution in [0.4, 0.5) is 21.6 Å². The van der Waals surface area contributed by atoms with E-state index in [2.05, 4.69) is 10.0 Å². The fourth-order valence-corrected chi connectivity index (χ4v) is 5.90. The normalized spacial score (nSPS) is 17.5. The highest BCUT2D eigenvalue weighted by Gasteiger charge is 2.48. The van der Waals surface area contributed by atoms with Gasteiger partial charge in [-0.25, -0.2) is 12.8 Å². The Hall–Kier alpha value is -2.60. The SMILES string of the molecule is COc1ccc(C2CC2S(=O)(=O)Nc2cc(C)c(=O)n(C)c2Nc2ccc(I)cc2F)cc1. The number of hydrogen-bond acceptors (Lipinski definition) is 5. The van der Waals surface area contributed by atoms with Crippen LogP contribution < -0.4 is 20.3 Å². The van der Waals surface area contributed by atoms with Crippen LogP contribution in [-0.4, -0.2) is 25.3 Å². The summed E-state index contributed by atoms with van der Waals surface area (Å²) in [5.41, 5.74) is 1.30. The van der Waals surface area contributed by atoms with Crippen molar-refractivity contribution in [3.8, 4) is 5.75 Å². The van der Waals surface area contributed by atoms with Crippen molar-refractivity contribution in [2.24, 2.45) is 7.05 Å². The van der Waals surface area contributed by atoms with Gasteiger partial charge in [0.15, 0.2) is 0 Å². The molecule has 1 aliphatic carbocycles. The number of halogens is 2. The van der Waals surface area contributed by atoms with Gasteiger partial charge in [0.25, 0.3) is 5.56 Å². The highest BCUT2D eigenvalue weighted by atomic mass is 127. The number of methoxy groups -OCH3 is 1. The second-order valence-corrected chi connectivity index (χ2v) is 11.1. The first-order chi connectivity index (χ1) is 15.6. The zero-order chi connectivity index (χ0) is 23.9. The van der Waals surface area contributed by atoms with Crippen molar-refractivity contribution in [2.45, 2.75) is 24.5 Å². The number of pyridine rings is 1. The van der Waals surface area contributed by atoms with E-state index < -0.39 is 21.1 Å². The summed E-state index contributed by atoms with van der Waals surface area (Å²) in [5.74, 6) is 0.227. The molecular weight excluding hydrogens is 560 g/mol. The van der Waals surface area contributed by atoms with Crippen molar-refractivity contribution in [2.75, 3.05) is 17.1 Å². The molecule has 1 aromatic heterocycles. The summed E-state index contributed by atoms with van der Waals surface area (Å²) in [5, 5.41) is 2.28. The third-order valence-electron chi connectivity index (χ3n) is 5.70. The van der Waals surface area contributed by atoms with Crippen molar-refractivity contribution in [1.29, 1.82) is 0 Å². The van der Waals surface area contributed by atoms with E-state index in [4.69, 9.17) is 4.74 Å². The monoisotopic (exact) mass is 583 g/mol. The Morgan fingerprint density at radius 3 is 2.45 bits per heavy atom. The molecule has 33 heavy (non-hydrogen) atoms. The Kier molecular flexibility index (Phi) is 6.41. The quantitative estimate of drug-likeness (QED) is 0.401. The first-order valence-corrected chi connectivity index (χ1v) is 12.8. The molecule has 2 N–H and O–H groups in total. The van der Waals surface area contributed by atoms with Gasteiger partial charge in [-0.3, -0.25) is 14.1 Å². The van der Waals surface area contributed by atoms with Gasteiger partial charge in [0.2, 0.25) is 10.0 Å². The van der Waals surface area contributed by atoms with Crippen LogP contribution in [0.2, 0.25) is 0 Å². The third-order valence-corrected chi connectivity index (χ3v) is 8.20. The Labute approximate surface area is 205 Å². The molecule has 2 aromatic carbocycles. The van der Waals surface area contributed by atoms with Crippen molar-refractivity contribution in [3.63, 3.8) is 0 Å².